The molecule has 0 spiro atoms. The highest BCUT2D eigenvalue weighted by atomic mass is 32.2. The quantitative estimate of drug-likeness (QED) is 0.864. The minimum Gasteiger partial charge on any atom is -0.373 e. The van der Waals surface area contributed by atoms with Crippen LogP contribution in [0.4, 0.5) is 11.6 Å². The normalized spacial score (nSPS) is 22.3. The standard InChI is InChI=1S/C16H28N4S/c1-6-21-12-8-7-11(9-12)18-14-10-13(17-5)19-15(20-14)16(2,3)4/h10-12H,6-9H2,1-5H3,(H2,17,18,19,20). The number of hydrogen-bond donors (Lipinski definition) is 2. The van der Waals surface area contributed by atoms with Crippen molar-refractivity contribution in [2.24, 2.45) is 0 Å². The Labute approximate surface area is 132 Å². The third kappa shape index (κ3) is 4.50. The SMILES string of the molecule is CCSC1CCC(Nc2cc(NC)nc(C(C)(C)C)n2)C1. The van der Waals surface area contributed by atoms with Gasteiger partial charge in [-0.05, 0) is 25.0 Å². The molecular formula is C16H28N4S. The van der Waals surface area contributed by atoms with Crippen molar-refractivity contribution in [1.29, 1.82) is 0 Å². The maximum Gasteiger partial charge on any atom is 0.138 e. The zero-order valence-electron chi connectivity index (χ0n) is 13.9. The molecule has 1 aromatic heterocycles. The van der Waals surface area contributed by atoms with E-state index in [-0.39, 0.29) is 5.41 Å². The molecule has 1 fully saturated rings. The lowest BCUT2D eigenvalue weighted by Gasteiger charge is -2.20. The summed E-state index contributed by atoms with van der Waals surface area (Å²) >= 11 is 2.08. The first-order valence-corrected chi connectivity index (χ1v) is 8.92. The topological polar surface area (TPSA) is 49.8 Å². The molecular weight excluding hydrogens is 280 g/mol. The highest BCUT2D eigenvalue weighted by Crippen LogP contribution is 2.32. The van der Waals surface area contributed by atoms with Crippen LogP contribution in [0.3, 0.4) is 0 Å². The van der Waals surface area contributed by atoms with Gasteiger partial charge in [0.2, 0.25) is 0 Å². The summed E-state index contributed by atoms with van der Waals surface area (Å²) in [5.41, 5.74) is -0.0421. The van der Waals surface area contributed by atoms with Crippen molar-refractivity contribution in [2.45, 2.75) is 63.7 Å². The van der Waals surface area contributed by atoms with Crippen molar-refractivity contribution < 1.29 is 0 Å². The van der Waals surface area contributed by atoms with Gasteiger partial charge in [0.05, 0.1) is 0 Å². The highest BCUT2D eigenvalue weighted by molar-refractivity contribution is 7.99. The molecule has 4 nitrogen and oxygen atoms in total. The van der Waals surface area contributed by atoms with Gasteiger partial charge in [0, 0.05) is 29.8 Å². The predicted octanol–water partition coefficient (Wildman–Crippen LogP) is 3.90. The van der Waals surface area contributed by atoms with E-state index in [0.29, 0.717) is 6.04 Å². The minimum absolute atomic E-state index is 0.0421. The summed E-state index contributed by atoms with van der Waals surface area (Å²) < 4.78 is 0. The predicted molar refractivity (Wildman–Crippen MR) is 93.5 cm³/mol. The van der Waals surface area contributed by atoms with Crippen LogP contribution in [0.5, 0.6) is 0 Å². The number of nitrogens with one attached hydrogen (secondary N) is 2. The van der Waals surface area contributed by atoms with E-state index in [4.69, 9.17) is 4.98 Å². The Kier molecular flexibility index (Phi) is 5.36. The van der Waals surface area contributed by atoms with E-state index in [0.717, 1.165) is 22.7 Å². The molecule has 21 heavy (non-hydrogen) atoms. The Hall–Kier alpha value is -0.970. The Balaban J connectivity index is 2.09. The Morgan fingerprint density at radius 2 is 1.95 bits per heavy atom. The fraction of sp³-hybridized carbons (Fsp3) is 0.750. The molecule has 0 aromatic carbocycles. The second kappa shape index (κ2) is 6.86. The van der Waals surface area contributed by atoms with Gasteiger partial charge in [0.15, 0.2) is 0 Å². The zero-order chi connectivity index (χ0) is 15.5. The van der Waals surface area contributed by atoms with Crippen molar-refractivity contribution in [2.75, 3.05) is 23.4 Å². The Bertz CT molecular complexity index is 470. The van der Waals surface area contributed by atoms with Crippen LogP contribution in [0.2, 0.25) is 0 Å². The molecule has 1 saturated carbocycles. The molecule has 2 N–H and O–H groups in total. The fourth-order valence-corrected chi connectivity index (χ4v) is 3.79. The molecule has 118 valence electrons. The van der Waals surface area contributed by atoms with E-state index in [1.165, 1.54) is 25.0 Å². The van der Waals surface area contributed by atoms with Crippen LogP contribution in [-0.2, 0) is 5.41 Å². The van der Waals surface area contributed by atoms with E-state index >= 15 is 0 Å². The van der Waals surface area contributed by atoms with E-state index < -0.39 is 0 Å². The third-order valence-electron chi connectivity index (χ3n) is 3.79. The number of rotatable bonds is 5. The van der Waals surface area contributed by atoms with Crippen LogP contribution < -0.4 is 10.6 Å². The van der Waals surface area contributed by atoms with Crippen LogP contribution in [-0.4, -0.2) is 34.1 Å². The van der Waals surface area contributed by atoms with Gasteiger partial charge in [-0.2, -0.15) is 11.8 Å². The molecule has 1 aliphatic rings. The van der Waals surface area contributed by atoms with Gasteiger partial charge in [0.25, 0.3) is 0 Å². The van der Waals surface area contributed by atoms with Gasteiger partial charge in [-0.1, -0.05) is 27.7 Å². The molecule has 1 aromatic rings. The molecule has 2 unspecified atom stereocenters. The maximum atomic E-state index is 4.72. The summed E-state index contributed by atoms with van der Waals surface area (Å²) in [6.45, 7) is 8.68. The van der Waals surface area contributed by atoms with Crippen molar-refractivity contribution in [3.63, 3.8) is 0 Å². The van der Waals surface area contributed by atoms with Crippen molar-refractivity contribution in [1.82, 2.24) is 9.97 Å². The van der Waals surface area contributed by atoms with Crippen molar-refractivity contribution in [3.05, 3.63) is 11.9 Å². The lowest BCUT2D eigenvalue weighted by molar-refractivity contribution is 0.546. The highest BCUT2D eigenvalue weighted by Gasteiger charge is 2.25. The minimum atomic E-state index is -0.0421. The van der Waals surface area contributed by atoms with E-state index in [9.17, 15) is 0 Å². The van der Waals surface area contributed by atoms with Crippen molar-refractivity contribution >= 4 is 23.4 Å². The van der Waals surface area contributed by atoms with Gasteiger partial charge in [-0.15, -0.1) is 0 Å². The monoisotopic (exact) mass is 308 g/mol. The van der Waals surface area contributed by atoms with E-state index in [1.54, 1.807) is 0 Å². The number of thioether (sulfide) groups is 1. The second-order valence-electron chi connectivity index (χ2n) is 6.69. The van der Waals surface area contributed by atoms with Crippen LogP contribution >= 0.6 is 11.8 Å². The molecule has 0 aliphatic heterocycles. The first kappa shape index (κ1) is 16.4. The number of nitrogens with zero attached hydrogens (tertiary/aromatic N) is 2. The molecule has 5 heteroatoms. The maximum absolute atomic E-state index is 4.72. The van der Waals surface area contributed by atoms with Gasteiger partial charge < -0.3 is 10.6 Å². The first-order valence-electron chi connectivity index (χ1n) is 7.87. The van der Waals surface area contributed by atoms with Crippen molar-refractivity contribution in [3.8, 4) is 0 Å². The lowest BCUT2D eigenvalue weighted by Crippen LogP contribution is -2.21. The second-order valence-corrected chi connectivity index (χ2v) is 8.27. The van der Waals surface area contributed by atoms with Gasteiger partial charge in [-0.25, -0.2) is 9.97 Å². The molecule has 0 saturated heterocycles. The van der Waals surface area contributed by atoms with Crippen LogP contribution in [0.25, 0.3) is 0 Å². The number of anilines is 2. The first-order chi connectivity index (χ1) is 9.92. The zero-order valence-corrected chi connectivity index (χ0v) is 14.7. The number of hydrogen-bond acceptors (Lipinski definition) is 5. The van der Waals surface area contributed by atoms with Crippen LogP contribution in [0, 0.1) is 0 Å². The summed E-state index contributed by atoms with van der Waals surface area (Å²) in [4.78, 5) is 9.29. The number of aromatic nitrogens is 2. The average Bonchev–Trinajstić information content (AvgIpc) is 2.85. The molecule has 0 bridgehead atoms. The van der Waals surface area contributed by atoms with Gasteiger partial charge in [0.1, 0.15) is 17.5 Å². The van der Waals surface area contributed by atoms with E-state index in [2.05, 4.69) is 55.1 Å². The molecule has 2 rings (SSSR count). The Morgan fingerprint density at radius 1 is 1.24 bits per heavy atom. The third-order valence-corrected chi connectivity index (χ3v) is 5.02. The fourth-order valence-electron chi connectivity index (χ4n) is 2.65. The summed E-state index contributed by atoms with van der Waals surface area (Å²) in [6, 6.07) is 2.55. The van der Waals surface area contributed by atoms with Gasteiger partial charge >= 0.3 is 0 Å². The van der Waals surface area contributed by atoms with Gasteiger partial charge in [-0.3, -0.25) is 0 Å². The summed E-state index contributed by atoms with van der Waals surface area (Å²) in [7, 11) is 1.90. The smallest absolute Gasteiger partial charge is 0.138 e. The summed E-state index contributed by atoms with van der Waals surface area (Å²) in [5.74, 6) is 3.93. The average molecular weight is 308 g/mol. The molecule has 1 heterocycles. The largest absolute Gasteiger partial charge is 0.373 e. The Morgan fingerprint density at radius 3 is 2.57 bits per heavy atom. The molecule has 2 atom stereocenters. The lowest BCUT2D eigenvalue weighted by atomic mass is 9.96. The van der Waals surface area contributed by atoms with Crippen LogP contribution in [0.1, 0.15) is 52.8 Å². The van der Waals surface area contributed by atoms with Crippen LogP contribution in [0.15, 0.2) is 6.07 Å². The summed E-state index contributed by atoms with van der Waals surface area (Å²) in [5, 5.41) is 7.56. The molecule has 0 amide bonds. The molecule has 1 aliphatic carbocycles. The molecule has 0 radical (unpaired) electrons. The summed E-state index contributed by atoms with van der Waals surface area (Å²) in [6.07, 6.45) is 3.79. The van der Waals surface area contributed by atoms with E-state index in [1.807, 2.05) is 13.1 Å².